The second-order valence-electron chi connectivity index (χ2n) is 6.55. The van der Waals surface area contributed by atoms with Gasteiger partial charge in [0.1, 0.15) is 0 Å². The van der Waals surface area contributed by atoms with Crippen LogP contribution in [0.4, 0.5) is 0 Å². The first-order valence-corrected chi connectivity index (χ1v) is 12.2. The summed E-state index contributed by atoms with van der Waals surface area (Å²) in [5.41, 5.74) is 1.02. The van der Waals surface area contributed by atoms with E-state index in [1.807, 2.05) is 0 Å². The van der Waals surface area contributed by atoms with Crippen LogP contribution in [0.5, 0.6) is 0 Å². The van der Waals surface area contributed by atoms with E-state index in [0.29, 0.717) is 27.4 Å². The lowest BCUT2D eigenvalue weighted by Crippen LogP contribution is -2.17. The minimum absolute atomic E-state index is 0.128. The van der Waals surface area contributed by atoms with Crippen molar-refractivity contribution < 1.29 is 18.9 Å². The van der Waals surface area contributed by atoms with Gasteiger partial charge in [0, 0.05) is 41.0 Å². The summed E-state index contributed by atoms with van der Waals surface area (Å²) < 4.78 is 11.8. The second kappa shape index (κ2) is 11.8. The van der Waals surface area contributed by atoms with Crippen molar-refractivity contribution in [1.29, 1.82) is 0 Å². The SMILES string of the molecule is Cn1cnc2cc(C(=O)Cl)ccc2c1=O.Cn1cnc2cc(C(=O)O)ccc2c1=O.O=S(Cl)Cl. The summed E-state index contributed by atoms with van der Waals surface area (Å²) in [5.74, 6) is -1.03. The van der Waals surface area contributed by atoms with E-state index in [4.69, 9.17) is 20.9 Å². The molecule has 0 spiro atoms. The molecule has 0 unspecified atom stereocenters. The van der Waals surface area contributed by atoms with E-state index in [2.05, 4.69) is 31.3 Å². The van der Waals surface area contributed by atoms with Gasteiger partial charge in [-0.1, -0.05) is 0 Å². The van der Waals surface area contributed by atoms with Crippen molar-refractivity contribution in [2.24, 2.45) is 14.1 Å². The number of fused-ring (bicyclic) bond motifs is 2. The summed E-state index contributed by atoms with van der Waals surface area (Å²) in [6.45, 7) is 0. The molecule has 0 atom stereocenters. The number of rotatable bonds is 2. The molecule has 4 rings (SSSR count). The van der Waals surface area contributed by atoms with Gasteiger partial charge in [0.25, 0.3) is 16.4 Å². The molecule has 0 fully saturated rings. The first kappa shape index (κ1) is 27.1. The third kappa shape index (κ3) is 6.94. The maximum Gasteiger partial charge on any atom is 0.335 e. The predicted octanol–water partition coefficient (Wildman–Crippen LogP) is 2.99. The summed E-state index contributed by atoms with van der Waals surface area (Å²) >= 11 is 5.32. The van der Waals surface area contributed by atoms with Gasteiger partial charge in [-0.25, -0.2) is 19.0 Å². The molecule has 2 aromatic carbocycles. The zero-order valence-electron chi connectivity index (χ0n) is 17.4. The number of carboxylic acids is 1. The highest BCUT2D eigenvalue weighted by Crippen LogP contribution is 2.12. The van der Waals surface area contributed by atoms with Crippen molar-refractivity contribution >= 4 is 75.2 Å². The number of carbonyl (C=O) groups is 2. The standard InChI is InChI=1S/C10H7ClN2O2.C10H8N2O3.Cl2OS/c1-13-5-12-8-4-6(9(11)14)2-3-7(8)10(13)15;1-12-5-11-8-4-6(10(14)15)2-3-7(8)9(12)13;1-4(2)3/h2-5H,1H3;2-5H,1H3,(H,14,15);. The fraction of sp³-hybridized carbons (Fsp3) is 0.100. The monoisotopic (exact) mass is 544 g/mol. The number of aromatic carboxylic acids is 1. The van der Waals surface area contributed by atoms with Crippen LogP contribution in [0.1, 0.15) is 20.7 Å². The van der Waals surface area contributed by atoms with E-state index in [1.54, 1.807) is 20.2 Å². The molecule has 0 aliphatic carbocycles. The Balaban J connectivity index is 0.000000208. The van der Waals surface area contributed by atoms with Crippen LogP contribution in [0.15, 0.2) is 58.6 Å². The fourth-order valence-corrected chi connectivity index (χ4v) is 2.79. The maximum absolute atomic E-state index is 11.6. The number of benzene rings is 2. The summed E-state index contributed by atoms with van der Waals surface area (Å²) in [7, 11) is 10.6. The first-order valence-electron chi connectivity index (χ1n) is 9.00. The van der Waals surface area contributed by atoms with Gasteiger partial charge in [-0.05, 0) is 48.0 Å². The second-order valence-corrected chi connectivity index (χ2v) is 9.42. The minimum atomic E-state index is -1.67. The van der Waals surface area contributed by atoms with Gasteiger partial charge in [0.2, 0.25) is 9.23 Å². The number of nitrogens with zero attached hydrogens (tertiary/aromatic N) is 4. The zero-order chi connectivity index (χ0) is 25.6. The topological polar surface area (TPSA) is 141 Å². The molecule has 0 bridgehead atoms. The number of aromatic nitrogens is 4. The Morgan fingerprint density at radius 2 is 1.24 bits per heavy atom. The molecule has 178 valence electrons. The molecule has 1 N–H and O–H groups in total. The van der Waals surface area contributed by atoms with E-state index in [1.165, 1.54) is 52.1 Å². The number of carboxylic acid groups (broad SMARTS) is 1. The number of hydrogen-bond donors (Lipinski definition) is 1. The highest BCUT2D eigenvalue weighted by atomic mass is 36.0. The highest BCUT2D eigenvalue weighted by Gasteiger charge is 2.07. The normalized spacial score (nSPS) is 10.3. The van der Waals surface area contributed by atoms with E-state index in [0.717, 1.165) is 0 Å². The molecule has 14 heteroatoms. The van der Waals surface area contributed by atoms with Crippen LogP contribution in [0.25, 0.3) is 21.8 Å². The summed E-state index contributed by atoms with van der Waals surface area (Å²) in [6, 6.07) is 8.84. The minimum Gasteiger partial charge on any atom is -0.478 e. The van der Waals surface area contributed by atoms with Crippen LogP contribution >= 0.6 is 33.0 Å². The van der Waals surface area contributed by atoms with Crippen molar-refractivity contribution in [3.63, 3.8) is 0 Å². The van der Waals surface area contributed by atoms with Gasteiger partial charge in [-0.2, -0.15) is 0 Å². The molecule has 10 nitrogen and oxygen atoms in total. The molecule has 0 aliphatic heterocycles. The molecule has 2 heterocycles. The Labute approximate surface area is 207 Å². The van der Waals surface area contributed by atoms with Crippen molar-refractivity contribution in [2.75, 3.05) is 0 Å². The van der Waals surface area contributed by atoms with Gasteiger partial charge >= 0.3 is 5.97 Å². The lowest BCUT2D eigenvalue weighted by atomic mass is 10.1. The molecular formula is C20H15Cl3N4O6S. The molecular weight excluding hydrogens is 531 g/mol. The van der Waals surface area contributed by atoms with Gasteiger partial charge in [-0.15, -0.1) is 0 Å². The Morgan fingerprint density at radius 3 is 1.62 bits per heavy atom. The van der Waals surface area contributed by atoms with Crippen LogP contribution in [0, 0.1) is 0 Å². The Hall–Kier alpha value is -3.12. The molecule has 0 radical (unpaired) electrons. The summed E-state index contributed by atoms with van der Waals surface area (Å²) in [6.07, 6.45) is 2.78. The predicted molar refractivity (Wildman–Crippen MR) is 131 cm³/mol. The van der Waals surface area contributed by atoms with Crippen molar-refractivity contribution in [2.45, 2.75) is 0 Å². The molecule has 4 aromatic rings. The van der Waals surface area contributed by atoms with Crippen molar-refractivity contribution in [3.05, 3.63) is 80.9 Å². The third-order valence-corrected chi connectivity index (χ3v) is 4.53. The average molecular weight is 546 g/mol. The van der Waals surface area contributed by atoms with Crippen LogP contribution in [-0.2, 0) is 23.3 Å². The van der Waals surface area contributed by atoms with Gasteiger partial charge in [-0.3, -0.25) is 14.4 Å². The first-order chi connectivity index (χ1) is 15.9. The number of carbonyl (C=O) groups excluding carboxylic acids is 1. The maximum atomic E-state index is 11.6. The zero-order valence-corrected chi connectivity index (χ0v) is 20.5. The largest absolute Gasteiger partial charge is 0.478 e. The van der Waals surface area contributed by atoms with E-state index >= 15 is 0 Å². The van der Waals surface area contributed by atoms with Crippen LogP contribution < -0.4 is 11.1 Å². The van der Waals surface area contributed by atoms with Crippen LogP contribution in [0.3, 0.4) is 0 Å². The van der Waals surface area contributed by atoms with E-state index in [9.17, 15) is 19.2 Å². The number of halogens is 3. The number of hydrogen-bond acceptors (Lipinski definition) is 7. The fourth-order valence-electron chi connectivity index (χ4n) is 2.68. The molecule has 34 heavy (non-hydrogen) atoms. The van der Waals surface area contributed by atoms with Gasteiger partial charge in [0.15, 0.2) is 0 Å². The van der Waals surface area contributed by atoms with Crippen LogP contribution in [-0.4, -0.2) is 39.6 Å². The van der Waals surface area contributed by atoms with Gasteiger partial charge in [0.05, 0.1) is 40.0 Å². The number of aryl methyl sites for hydroxylation is 2. The Morgan fingerprint density at radius 1 is 0.853 bits per heavy atom. The Bertz CT molecular complexity index is 1420. The van der Waals surface area contributed by atoms with E-state index < -0.39 is 20.4 Å². The smallest absolute Gasteiger partial charge is 0.335 e. The lowest BCUT2D eigenvalue weighted by Gasteiger charge is -2.00. The molecule has 0 amide bonds. The Kier molecular flexibility index (Phi) is 9.45. The van der Waals surface area contributed by atoms with Crippen molar-refractivity contribution in [1.82, 2.24) is 19.1 Å². The molecule has 0 saturated carbocycles. The van der Waals surface area contributed by atoms with E-state index in [-0.39, 0.29) is 16.7 Å². The molecule has 0 saturated heterocycles. The quantitative estimate of drug-likeness (QED) is 0.379. The lowest BCUT2D eigenvalue weighted by molar-refractivity contribution is 0.0697. The van der Waals surface area contributed by atoms with Crippen LogP contribution in [0.2, 0.25) is 0 Å². The van der Waals surface area contributed by atoms with Gasteiger partial charge < -0.3 is 14.2 Å². The summed E-state index contributed by atoms with van der Waals surface area (Å²) in [4.78, 5) is 52.8. The molecule has 2 aromatic heterocycles. The molecule has 0 aliphatic rings. The van der Waals surface area contributed by atoms with Crippen molar-refractivity contribution in [3.8, 4) is 0 Å². The average Bonchev–Trinajstić information content (AvgIpc) is 2.78. The summed E-state index contributed by atoms with van der Waals surface area (Å²) in [5, 5.41) is 9.10. The highest BCUT2D eigenvalue weighted by molar-refractivity contribution is 8.26. The third-order valence-electron chi connectivity index (χ3n) is 4.31.